The molecule has 0 aliphatic carbocycles. The average Bonchev–Trinajstić information content (AvgIpc) is 2.44. The third-order valence-electron chi connectivity index (χ3n) is 3.05. The number of nitrogens with one attached hydrogen (secondary N) is 1. The Bertz CT molecular complexity index is 589. The zero-order chi connectivity index (χ0) is 15.5. The van der Waals surface area contributed by atoms with Gasteiger partial charge in [-0.2, -0.15) is 0 Å². The molecule has 1 unspecified atom stereocenters. The maximum atomic E-state index is 12.3. The normalized spacial score (nSPS) is 16.0. The Balaban J connectivity index is 2.05. The Morgan fingerprint density at radius 1 is 1.24 bits per heavy atom. The van der Waals surface area contributed by atoms with Gasteiger partial charge in [-0.05, 0) is 24.5 Å². The monoisotopic (exact) mass is 377 g/mol. The summed E-state index contributed by atoms with van der Waals surface area (Å²) in [5.74, 6) is 1.56. The van der Waals surface area contributed by atoms with Crippen molar-refractivity contribution < 1.29 is 17.9 Å². The fourth-order valence-corrected chi connectivity index (χ4v) is 4.29. The summed E-state index contributed by atoms with van der Waals surface area (Å²) >= 11 is 3.49. The Morgan fingerprint density at radius 3 is 2.57 bits per heavy atom. The molecule has 0 amide bonds. The fourth-order valence-electron chi connectivity index (χ4n) is 2.07. The van der Waals surface area contributed by atoms with Crippen LogP contribution in [0.5, 0.6) is 11.5 Å². The van der Waals surface area contributed by atoms with Crippen LogP contribution in [0.2, 0.25) is 0 Å². The summed E-state index contributed by atoms with van der Waals surface area (Å²) in [5.41, 5.74) is 0. The number of benzene rings is 1. The summed E-state index contributed by atoms with van der Waals surface area (Å²) in [7, 11) is -3.54. The molecule has 1 heterocycles. The molecule has 1 N–H and O–H groups in total. The van der Waals surface area contributed by atoms with Gasteiger partial charge >= 0.3 is 0 Å². The number of sulfonamides is 1. The third-order valence-corrected chi connectivity index (χ3v) is 5.16. The molecule has 0 radical (unpaired) electrons. The van der Waals surface area contributed by atoms with E-state index in [9.17, 15) is 8.42 Å². The number of alkyl halides is 1. The lowest BCUT2D eigenvalue weighted by atomic mass is 10.1. The van der Waals surface area contributed by atoms with E-state index in [1.807, 2.05) is 0 Å². The molecule has 0 spiro atoms. The molecular formula is C14H20BrNO4S. The Morgan fingerprint density at radius 2 is 1.90 bits per heavy atom. The first-order valence-electron chi connectivity index (χ1n) is 6.92. The Kier molecular flexibility index (Phi) is 5.51. The molecule has 1 atom stereocenters. The zero-order valence-corrected chi connectivity index (χ0v) is 14.5. The average molecular weight is 378 g/mol. The van der Waals surface area contributed by atoms with Gasteiger partial charge in [-0.25, -0.2) is 13.1 Å². The van der Waals surface area contributed by atoms with Crippen LogP contribution in [-0.2, 0) is 10.0 Å². The van der Waals surface area contributed by atoms with Gasteiger partial charge in [0.2, 0.25) is 10.0 Å². The summed E-state index contributed by atoms with van der Waals surface area (Å²) in [6, 6.07) is 4.66. The Hall–Kier alpha value is -0.790. The van der Waals surface area contributed by atoms with Gasteiger partial charge in [0.15, 0.2) is 11.5 Å². The van der Waals surface area contributed by atoms with E-state index >= 15 is 0 Å². The smallest absolute Gasteiger partial charge is 0.240 e. The molecular weight excluding hydrogens is 358 g/mol. The number of fused-ring (bicyclic) bond motifs is 1. The van der Waals surface area contributed by atoms with Crippen molar-refractivity contribution in [2.75, 3.05) is 19.8 Å². The van der Waals surface area contributed by atoms with E-state index in [1.165, 1.54) is 12.1 Å². The molecule has 7 heteroatoms. The van der Waals surface area contributed by atoms with Crippen LogP contribution in [0.3, 0.4) is 0 Å². The highest BCUT2D eigenvalue weighted by Gasteiger charge is 2.20. The Labute approximate surface area is 134 Å². The van der Waals surface area contributed by atoms with Gasteiger partial charge in [0.25, 0.3) is 0 Å². The van der Waals surface area contributed by atoms with Gasteiger partial charge in [-0.15, -0.1) is 0 Å². The summed E-state index contributed by atoms with van der Waals surface area (Å²) in [5, 5.41) is 0. The molecule has 2 rings (SSSR count). The standard InChI is InChI=1S/C14H20BrNO4S/c1-10(2)7-11(15)9-16-21(17,18)12-3-4-13-14(8-12)20-6-5-19-13/h3-4,8,10-11,16H,5-7,9H2,1-2H3. The zero-order valence-electron chi connectivity index (χ0n) is 12.1. The molecule has 0 aromatic heterocycles. The number of hydrogen-bond acceptors (Lipinski definition) is 4. The molecule has 5 nitrogen and oxygen atoms in total. The van der Waals surface area contributed by atoms with E-state index in [4.69, 9.17) is 9.47 Å². The molecule has 118 valence electrons. The van der Waals surface area contributed by atoms with Crippen molar-refractivity contribution in [2.24, 2.45) is 5.92 Å². The van der Waals surface area contributed by atoms with Gasteiger partial charge in [0.05, 0.1) is 4.90 Å². The lowest BCUT2D eigenvalue weighted by molar-refractivity contribution is 0.171. The lowest BCUT2D eigenvalue weighted by Gasteiger charge is -2.19. The largest absolute Gasteiger partial charge is 0.486 e. The number of halogens is 1. The summed E-state index contributed by atoms with van der Waals surface area (Å²) in [6.45, 7) is 5.47. The minimum Gasteiger partial charge on any atom is -0.486 e. The molecule has 1 aromatic carbocycles. The number of hydrogen-bond donors (Lipinski definition) is 1. The van der Waals surface area contributed by atoms with Crippen molar-refractivity contribution in [1.82, 2.24) is 4.72 Å². The van der Waals surface area contributed by atoms with Crippen LogP contribution in [0, 0.1) is 5.92 Å². The van der Waals surface area contributed by atoms with Crippen LogP contribution in [0.1, 0.15) is 20.3 Å². The SMILES string of the molecule is CC(C)CC(Br)CNS(=O)(=O)c1ccc2c(c1)OCCO2. The van der Waals surface area contributed by atoms with Crippen LogP contribution < -0.4 is 14.2 Å². The van der Waals surface area contributed by atoms with Crippen molar-refractivity contribution in [3.63, 3.8) is 0 Å². The van der Waals surface area contributed by atoms with Crippen LogP contribution in [0.15, 0.2) is 23.1 Å². The van der Waals surface area contributed by atoms with E-state index in [0.717, 1.165) is 6.42 Å². The summed E-state index contributed by atoms with van der Waals surface area (Å²) in [4.78, 5) is 0.306. The predicted molar refractivity (Wildman–Crippen MR) is 84.8 cm³/mol. The van der Waals surface area contributed by atoms with Gasteiger partial charge in [-0.1, -0.05) is 29.8 Å². The third kappa shape index (κ3) is 4.59. The maximum Gasteiger partial charge on any atom is 0.240 e. The number of ether oxygens (including phenoxy) is 2. The second kappa shape index (κ2) is 6.98. The van der Waals surface area contributed by atoms with Crippen molar-refractivity contribution >= 4 is 26.0 Å². The second-order valence-corrected chi connectivity index (χ2v) is 8.45. The van der Waals surface area contributed by atoms with Gasteiger partial charge in [-0.3, -0.25) is 0 Å². The molecule has 0 fully saturated rings. The van der Waals surface area contributed by atoms with Crippen molar-refractivity contribution in [3.05, 3.63) is 18.2 Å². The highest BCUT2D eigenvalue weighted by Crippen LogP contribution is 2.32. The molecule has 0 saturated heterocycles. The van der Waals surface area contributed by atoms with Gasteiger partial charge < -0.3 is 9.47 Å². The van der Waals surface area contributed by atoms with Crippen LogP contribution in [0.4, 0.5) is 0 Å². The highest BCUT2D eigenvalue weighted by atomic mass is 79.9. The van der Waals surface area contributed by atoms with Gasteiger partial charge in [0.1, 0.15) is 13.2 Å². The van der Waals surface area contributed by atoms with Crippen LogP contribution in [-0.4, -0.2) is 33.0 Å². The quantitative estimate of drug-likeness (QED) is 0.773. The minimum absolute atomic E-state index is 0.115. The van der Waals surface area contributed by atoms with Crippen LogP contribution >= 0.6 is 15.9 Å². The predicted octanol–water partition coefficient (Wildman–Crippen LogP) is 2.55. The van der Waals surface area contributed by atoms with Crippen LogP contribution in [0.25, 0.3) is 0 Å². The maximum absolute atomic E-state index is 12.3. The summed E-state index contributed by atoms with van der Waals surface area (Å²) < 4.78 is 38.0. The van der Waals surface area contributed by atoms with Gasteiger partial charge in [0, 0.05) is 17.4 Å². The van der Waals surface area contributed by atoms with E-state index in [1.54, 1.807) is 6.07 Å². The summed E-state index contributed by atoms with van der Waals surface area (Å²) in [6.07, 6.45) is 0.906. The molecule has 1 aliphatic rings. The molecule has 0 saturated carbocycles. The minimum atomic E-state index is -3.54. The number of rotatable bonds is 6. The molecule has 1 aliphatic heterocycles. The molecule has 21 heavy (non-hydrogen) atoms. The van der Waals surface area contributed by atoms with Crippen molar-refractivity contribution in [2.45, 2.75) is 30.0 Å². The second-order valence-electron chi connectivity index (χ2n) is 5.38. The topological polar surface area (TPSA) is 64.6 Å². The first kappa shape index (κ1) is 16.6. The molecule has 0 bridgehead atoms. The first-order chi connectivity index (χ1) is 9.88. The lowest BCUT2D eigenvalue weighted by Crippen LogP contribution is -2.30. The van der Waals surface area contributed by atoms with Crippen molar-refractivity contribution in [1.29, 1.82) is 0 Å². The van der Waals surface area contributed by atoms with E-state index in [-0.39, 0.29) is 9.72 Å². The van der Waals surface area contributed by atoms with Crippen molar-refractivity contribution in [3.8, 4) is 11.5 Å². The van der Waals surface area contributed by atoms with E-state index in [2.05, 4.69) is 34.5 Å². The van der Waals surface area contributed by atoms with E-state index < -0.39 is 10.0 Å². The molecule has 1 aromatic rings. The van der Waals surface area contributed by atoms with E-state index in [0.29, 0.717) is 37.2 Å². The fraction of sp³-hybridized carbons (Fsp3) is 0.571. The first-order valence-corrected chi connectivity index (χ1v) is 9.32. The highest BCUT2D eigenvalue weighted by molar-refractivity contribution is 9.09.